The van der Waals surface area contributed by atoms with Crippen LogP contribution in [0.5, 0.6) is 5.75 Å². The number of ether oxygens (including phenoxy) is 1. The minimum Gasteiger partial charge on any atom is -0.491 e. The molecule has 0 bridgehead atoms. The van der Waals surface area contributed by atoms with Gasteiger partial charge in [0.1, 0.15) is 11.6 Å². The minimum atomic E-state index is -0.204. The van der Waals surface area contributed by atoms with E-state index in [4.69, 9.17) is 4.74 Å². The Bertz CT molecular complexity index is 609. The van der Waals surface area contributed by atoms with Crippen molar-refractivity contribution in [1.82, 2.24) is 4.98 Å². The quantitative estimate of drug-likeness (QED) is 0.885. The number of carbonyl (C=O) groups is 1. The molecule has 0 fully saturated rings. The zero-order valence-corrected chi connectivity index (χ0v) is 12.4. The molecular weight excluding hydrogens is 266 g/mol. The number of anilines is 2. The monoisotopic (exact) mass is 285 g/mol. The highest BCUT2D eigenvalue weighted by molar-refractivity contribution is 6.07. The van der Waals surface area contributed by atoms with Gasteiger partial charge in [0.2, 0.25) is 0 Å². The van der Waals surface area contributed by atoms with Gasteiger partial charge >= 0.3 is 0 Å². The molecule has 1 amide bonds. The zero-order valence-electron chi connectivity index (χ0n) is 12.4. The molecule has 0 spiro atoms. The van der Waals surface area contributed by atoms with Crippen LogP contribution >= 0.6 is 0 Å². The zero-order chi connectivity index (χ0) is 15.2. The lowest BCUT2D eigenvalue weighted by molar-refractivity contribution is 0.102. The van der Waals surface area contributed by atoms with Crippen molar-refractivity contribution in [1.29, 1.82) is 0 Å². The normalized spacial score (nSPS) is 10.3. The van der Waals surface area contributed by atoms with E-state index in [0.717, 1.165) is 5.75 Å². The van der Waals surface area contributed by atoms with Crippen molar-refractivity contribution in [3.63, 3.8) is 0 Å². The molecule has 0 radical (unpaired) electrons. The summed E-state index contributed by atoms with van der Waals surface area (Å²) >= 11 is 0. The van der Waals surface area contributed by atoms with E-state index in [-0.39, 0.29) is 12.0 Å². The van der Waals surface area contributed by atoms with Gasteiger partial charge in [-0.2, -0.15) is 0 Å². The second-order valence-corrected chi connectivity index (χ2v) is 4.79. The fraction of sp³-hybridized carbons (Fsp3) is 0.250. The van der Waals surface area contributed by atoms with Crippen molar-refractivity contribution in [2.24, 2.45) is 0 Å². The van der Waals surface area contributed by atoms with Gasteiger partial charge in [-0.3, -0.25) is 4.79 Å². The molecule has 5 heteroatoms. The van der Waals surface area contributed by atoms with Crippen LogP contribution in [0.15, 0.2) is 42.6 Å². The van der Waals surface area contributed by atoms with Gasteiger partial charge in [-0.15, -0.1) is 0 Å². The van der Waals surface area contributed by atoms with E-state index >= 15 is 0 Å². The fourth-order valence-corrected chi connectivity index (χ4v) is 1.88. The number of amides is 1. The molecular formula is C16H19N3O2. The van der Waals surface area contributed by atoms with Crippen LogP contribution in [-0.2, 0) is 0 Å². The molecule has 2 aromatic rings. The molecule has 0 saturated heterocycles. The lowest BCUT2D eigenvalue weighted by Gasteiger charge is -2.11. The van der Waals surface area contributed by atoms with Gasteiger partial charge < -0.3 is 15.4 Å². The Labute approximate surface area is 124 Å². The molecule has 0 atom stereocenters. The standard InChI is InChI=1S/C16H19N3O2/c1-11(2)21-13-8-6-12(7-9-13)19-16(20)14-5-4-10-18-15(14)17-3/h4-11H,1-3H3,(H,17,18)(H,19,20). The summed E-state index contributed by atoms with van der Waals surface area (Å²) in [5, 5.41) is 5.74. The number of benzene rings is 1. The predicted octanol–water partition coefficient (Wildman–Crippen LogP) is 3.16. The molecule has 1 aromatic carbocycles. The second kappa shape index (κ2) is 6.74. The Morgan fingerprint density at radius 3 is 2.52 bits per heavy atom. The van der Waals surface area contributed by atoms with Crippen LogP contribution in [0.4, 0.5) is 11.5 Å². The average Bonchev–Trinajstić information content (AvgIpc) is 2.48. The summed E-state index contributed by atoms with van der Waals surface area (Å²) < 4.78 is 5.56. The SMILES string of the molecule is CNc1ncccc1C(=O)Nc1ccc(OC(C)C)cc1. The van der Waals surface area contributed by atoms with Crippen LogP contribution in [0.25, 0.3) is 0 Å². The maximum absolute atomic E-state index is 12.2. The Kier molecular flexibility index (Phi) is 4.77. The number of nitrogens with one attached hydrogen (secondary N) is 2. The number of hydrogen-bond acceptors (Lipinski definition) is 4. The first-order valence-electron chi connectivity index (χ1n) is 6.81. The highest BCUT2D eigenvalue weighted by Gasteiger charge is 2.11. The van der Waals surface area contributed by atoms with Crippen molar-refractivity contribution in [3.8, 4) is 5.75 Å². The van der Waals surface area contributed by atoms with Crippen LogP contribution in [0.2, 0.25) is 0 Å². The maximum Gasteiger partial charge on any atom is 0.259 e. The number of pyridine rings is 1. The lowest BCUT2D eigenvalue weighted by Crippen LogP contribution is -2.14. The molecule has 21 heavy (non-hydrogen) atoms. The average molecular weight is 285 g/mol. The Balaban J connectivity index is 2.09. The largest absolute Gasteiger partial charge is 0.491 e. The third kappa shape index (κ3) is 3.95. The fourth-order valence-electron chi connectivity index (χ4n) is 1.88. The second-order valence-electron chi connectivity index (χ2n) is 4.79. The van der Waals surface area contributed by atoms with E-state index in [0.29, 0.717) is 17.1 Å². The first kappa shape index (κ1) is 14.8. The number of hydrogen-bond donors (Lipinski definition) is 2. The number of aromatic nitrogens is 1. The Morgan fingerprint density at radius 1 is 1.19 bits per heavy atom. The molecule has 5 nitrogen and oxygen atoms in total. The van der Waals surface area contributed by atoms with E-state index < -0.39 is 0 Å². The molecule has 0 saturated carbocycles. The third-order valence-corrected chi connectivity index (χ3v) is 2.77. The molecule has 110 valence electrons. The van der Waals surface area contributed by atoms with E-state index in [1.165, 1.54) is 0 Å². The van der Waals surface area contributed by atoms with Crippen LogP contribution in [0, 0.1) is 0 Å². The molecule has 0 aliphatic carbocycles. The highest BCUT2D eigenvalue weighted by Crippen LogP contribution is 2.18. The van der Waals surface area contributed by atoms with Crippen molar-refractivity contribution in [2.45, 2.75) is 20.0 Å². The molecule has 0 unspecified atom stereocenters. The third-order valence-electron chi connectivity index (χ3n) is 2.77. The number of carbonyl (C=O) groups excluding carboxylic acids is 1. The van der Waals surface area contributed by atoms with Crippen LogP contribution in [0.3, 0.4) is 0 Å². The van der Waals surface area contributed by atoms with E-state index in [9.17, 15) is 4.79 Å². The topological polar surface area (TPSA) is 63.2 Å². The van der Waals surface area contributed by atoms with Crippen LogP contribution in [-0.4, -0.2) is 24.0 Å². The summed E-state index contributed by atoms with van der Waals surface area (Å²) in [6, 6.07) is 10.7. The van der Waals surface area contributed by atoms with Crippen molar-refractivity contribution in [2.75, 3.05) is 17.7 Å². The Hall–Kier alpha value is -2.56. The van der Waals surface area contributed by atoms with Crippen molar-refractivity contribution >= 4 is 17.4 Å². The minimum absolute atomic E-state index is 0.124. The smallest absolute Gasteiger partial charge is 0.259 e. The predicted molar refractivity (Wildman–Crippen MR) is 83.9 cm³/mol. The van der Waals surface area contributed by atoms with E-state index in [1.54, 1.807) is 25.4 Å². The summed E-state index contributed by atoms with van der Waals surface area (Å²) in [4.78, 5) is 16.3. The van der Waals surface area contributed by atoms with Gasteiger partial charge in [0.15, 0.2) is 0 Å². The summed E-state index contributed by atoms with van der Waals surface area (Å²) in [7, 11) is 1.73. The molecule has 1 heterocycles. The molecule has 1 aromatic heterocycles. The summed E-state index contributed by atoms with van der Waals surface area (Å²) in [6.07, 6.45) is 1.76. The highest BCUT2D eigenvalue weighted by atomic mass is 16.5. The first-order valence-corrected chi connectivity index (χ1v) is 6.81. The number of nitrogens with zero attached hydrogens (tertiary/aromatic N) is 1. The van der Waals surface area contributed by atoms with Gasteiger partial charge in [0.25, 0.3) is 5.91 Å². The van der Waals surface area contributed by atoms with Gasteiger partial charge in [0.05, 0.1) is 11.7 Å². The summed E-state index contributed by atoms with van der Waals surface area (Å²) in [5.41, 5.74) is 1.21. The molecule has 2 rings (SSSR count). The van der Waals surface area contributed by atoms with Gasteiger partial charge in [0, 0.05) is 18.9 Å². The van der Waals surface area contributed by atoms with Crippen LogP contribution < -0.4 is 15.4 Å². The van der Waals surface area contributed by atoms with Crippen molar-refractivity contribution < 1.29 is 9.53 Å². The van der Waals surface area contributed by atoms with Gasteiger partial charge in [-0.05, 0) is 50.2 Å². The molecule has 2 N–H and O–H groups in total. The van der Waals surface area contributed by atoms with Crippen molar-refractivity contribution in [3.05, 3.63) is 48.2 Å². The lowest BCUT2D eigenvalue weighted by atomic mass is 10.2. The first-order chi connectivity index (χ1) is 10.1. The van der Waals surface area contributed by atoms with Gasteiger partial charge in [-0.1, -0.05) is 0 Å². The van der Waals surface area contributed by atoms with E-state index in [1.807, 2.05) is 38.1 Å². The molecule has 0 aliphatic rings. The summed E-state index contributed by atoms with van der Waals surface area (Å²) in [5.74, 6) is 1.13. The summed E-state index contributed by atoms with van der Waals surface area (Å²) in [6.45, 7) is 3.94. The molecule has 0 aliphatic heterocycles. The van der Waals surface area contributed by atoms with Crippen LogP contribution in [0.1, 0.15) is 24.2 Å². The van der Waals surface area contributed by atoms with E-state index in [2.05, 4.69) is 15.6 Å². The number of rotatable bonds is 5. The Morgan fingerprint density at radius 2 is 1.90 bits per heavy atom. The maximum atomic E-state index is 12.2. The van der Waals surface area contributed by atoms with Gasteiger partial charge in [-0.25, -0.2) is 4.98 Å².